The van der Waals surface area contributed by atoms with Gasteiger partial charge in [0.2, 0.25) is 0 Å². The van der Waals surface area contributed by atoms with Gasteiger partial charge < -0.3 is 79.1 Å². The van der Waals surface area contributed by atoms with E-state index >= 15 is 0 Å². The van der Waals surface area contributed by atoms with Crippen LogP contribution in [0.25, 0.3) is 0 Å². The fourth-order valence-corrected chi connectivity index (χ4v) is 4.67. The maximum Gasteiger partial charge on any atom is 0.303 e. The molecular weight excluding hydrogens is 552 g/mol. The standard InChI is InChI=1S/C22H36O18/c1-6(26)34-18-14(31)16(9(4-24)36-20(18)33)40-22-19(35-7(2)27)15(32)17(10(5-25)38-22)39-21-13(30)12(29)11(28)8(3-23)37-21/h8-25,28-33H,3-5H2,1-2H3/t8-,9-,10-,11-,12+,13+,14+,15+,16-,17-,18-,19-,20-,21+,22+/m1/s1. The topological polar surface area (TPSA) is 281 Å². The van der Waals surface area contributed by atoms with E-state index in [9.17, 15) is 55.5 Å². The highest BCUT2D eigenvalue weighted by atomic mass is 16.8. The summed E-state index contributed by atoms with van der Waals surface area (Å²) >= 11 is 0. The minimum atomic E-state index is -1.89. The Morgan fingerprint density at radius 2 is 1.00 bits per heavy atom. The Morgan fingerprint density at radius 1 is 0.550 bits per heavy atom. The lowest BCUT2D eigenvalue weighted by atomic mass is 9.96. The number of carbonyl (C=O) groups excluding carboxylic acids is 2. The third kappa shape index (κ3) is 7.05. The van der Waals surface area contributed by atoms with Crippen molar-refractivity contribution >= 4 is 11.9 Å². The molecule has 18 heteroatoms. The first kappa shape index (κ1) is 32.9. The van der Waals surface area contributed by atoms with Gasteiger partial charge in [0.05, 0.1) is 19.8 Å². The van der Waals surface area contributed by atoms with E-state index in [-0.39, 0.29) is 0 Å². The lowest BCUT2D eigenvalue weighted by Gasteiger charge is -2.48. The summed E-state index contributed by atoms with van der Waals surface area (Å²) in [5.41, 5.74) is 0. The van der Waals surface area contributed by atoms with Crippen LogP contribution in [-0.4, -0.2) is 170 Å². The first-order chi connectivity index (χ1) is 18.8. The van der Waals surface area contributed by atoms with Crippen molar-refractivity contribution in [1.29, 1.82) is 0 Å². The van der Waals surface area contributed by atoms with Crippen LogP contribution in [0.1, 0.15) is 13.8 Å². The molecule has 40 heavy (non-hydrogen) atoms. The molecule has 0 saturated carbocycles. The van der Waals surface area contributed by atoms with Gasteiger partial charge in [0.1, 0.15) is 61.0 Å². The smallest absolute Gasteiger partial charge is 0.303 e. The number of aliphatic hydroxyl groups is 9. The predicted molar refractivity (Wildman–Crippen MR) is 120 cm³/mol. The largest absolute Gasteiger partial charge is 0.454 e. The Bertz CT molecular complexity index is 843. The zero-order valence-electron chi connectivity index (χ0n) is 21.5. The highest BCUT2D eigenvalue weighted by molar-refractivity contribution is 5.66. The molecule has 3 heterocycles. The van der Waals surface area contributed by atoms with E-state index in [2.05, 4.69) is 0 Å². The van der Waals surface area contributed by atoms with Crippen LogP contribution in [0.2, 0.25) is 0 Å². The molecule has 3 fully saturated rings. The zero-order chi connectivity index (χ0) is 29.9. The fraction of sp³-hybridized carbons (Fsp3) is 0.909. The van der Waals surface area contributed by atoms with E-state index in [1.54, 1.807) is 0 Å². The first-order valence-electron chi connectivity index (χ1n) is 12.4. The average Bonchev–Trinajstić information content (AvgIpc) is 2.90. The van der Waals surface area contributed by atoms with Crippen molar-refractivity contribution in [3.63, 3.8) is 0 Å². The maximum absolute atomic E-state index is 11.9. The molecule has 0 radical (unpaired) electrons. The summed E-state index contributed by atoms with van der Waals surface area (Å²) in [6.45, 7) is -0.465. The highest BCUT2D eigenvalue weighted by Crippen LogP contribution is 2.33. The van der Waals surface area contributed by atoms with E-state index < -0.39 is 124 Å². The molecule has 0 aliphatic carbocycles. The fourth-order valence-electron chi connectivity index (χ4n) is 4.67. The van der Waals surface area contributed by atoms with Gasteiger partial charge in [0.15, 0.2) is 31.1 Å². The van der Waals surface area contributed by atoms with Gasteiger partial charge in [-0.15, -0.1) is 0 Å². The molecule has 0 aromatic rings. The highest BCUT2D eigenvalue weighted by Gasteiger charge is 2.55. The monoisotopic (exact) mass is 588 g/mol. The Labute approximate surface area is 227 Å². The summed E-state index contributed by atoms with van der Waals surface area (Å²) in [7, 11) is 0. The summed E-state index contributed by atoms with van der Waals surface area (Å²) < 4.78 is 37.4. The van der Waals surface area contributed by atoms with Crippen LogP contribution in [0, 0.1) is 0 Å². The van der Waals surface area contributed by atoms with Crippen molar-refractivity contribution in [2.45, 2.75) is 106 Å². The Morgan fingerprint density at radius 3 is 1.52 bits per heavy atom. The molecule has 3 rings (SSSR count). The zero-order valence-corrected chi connectivity index (χ0v) is 21.5. The van der Waals surface area contributed by atoms with Crippen LogP contribution in [-0.2, 0) is 42.7 Å². The Balaban J connectivity index is 1.85. The van der Waals surface area contributed by atoms with Crippen LogP contribution >= 0.6 is 0 Å². The summed E-state index contributed by atoms with van der Waals surface area (Å²) in [6.07, 6.45) is -25.4. The molecule has 0 aromatic heterocycles. The average molecular weight is 589 g/mol. The number of carbonyl (C=O) groups is 2. The van der Waals surface area contributed by atoms with Gasteiger partial charge in [-0.1, -0.05) is 0 Å². The van der Waals surface area contributed by atoms with Gasteiger partial charge in [0.25, 0.3) is 0 Å². The number of esters is 2. The number of aliphatic hydroxyl groups excluding tert-OH is 9. The van der Waals surface area contributed by atoms with Crippen molar-refractivity contribution in [2.24, 2.45) is 0 Å². The molecule has 3 aliphatic rings. The number of ether oxygens (including phenoxy) is 7. The lowest BCUT2D eigenvalue weighted by molar-refractivity contribution is -0.378. The third-order valence-electron chi connectivity index (χ3n) is 6.65. The van der Waals surface area contributed by atoms with E-state index in [0.29, 0.717) is 0 Å². The van der Waals surface area contributed by atoms with Gasteiger partial charge >= 0.3 is 11.9 Å². The molecule has 18 nitrogen and oxygen atoms in total. The Kier molecular flexibility index (Phi) is 11.5. The van der Waals surface area contributed by atoms with Crippen LogP contribution < -0.4 is 0 Å². The van der Waals surface area contributed by atoms with Gasteiger partial charge in [-0.2, -0.15) is 0 Å². The molecular formula is C22H36O18. The van der Waals surface area contributed by atoms with Crippen molar-refractivity contribution in [3.8, 4) is 0 Å². The van der Waals surface area contributed by atoms with Crippen LogP contribution in [0.4, 0.5) is 0 Å². The molecule has 232 valence electrons. The first-order valence-corrected chi connectivity index (χ1v) is 12.4. The van der Waals surface area contributed by atoms with E-state index in [0.717, 1.165) is 13.8 Å². The van der Waals surface area contributed by atoms with Crippen LogP contribution in [0.3, 0.4) is 0 Å². The summed E-state index contributed by atoms with van der Waals surface area (Å²) in [6, 6.07) is 0. The third-order valence-corrected chi connectivity index (χ3v) is 6.65. The van der Waals surface area contributed by atoms with Gasteiger partial charge in [0, 0.05) is 13.8 Å². The normalized spacial score (nSPS) is 46.0. The molecule has 0 bridgehead atoms. The summed E-state index contributed by atoms with van der Waals surface area (Å²) in [4.78, 5) is 23.3. The molecule has 0 unspecified atom stereocenters. The molecule has 15 atom stereocenters. The van der Waals surface area contributed by atoms with Gasteiger partial charge in [-0.05, 0) is 0 Å². The van der Waals surface area contributed by atoms with Crippen molar-refractivity contribution in [1.82, 2.24) is 0 Å². The lowest BCUT2D eigenvalue weighted by Crippen LogP contribution is -2.67. The van der Waals surface area contributed by atoms with Crippen molar-refractivity contribution < 1.29 is 88.7 Å². The molecule has 0 spiro atoms. The quantitative estimate of drug-likeness (QED) is 0.113. The molecule has 9 N–H and O–H groups in total. The van der Waals surface area contributed by atoms with Gasteiger partial charge in [-0.3, -0.25) is 9.59 Å². The van der Waals surface area contributed by atoms with Gasteiger partial charge in [-0.25, -0.2) is 0 Å². The predicted octanol–water partition coefficient (Wildman–Crippen LogP) is -6.43. The second kappa shape index (κ2) is 14.0. The molecule has 3 aliphatic heterocycles. The molecule has 0 aromatic carbocycles. The van der Waals surface area contributed by atoms with E-state index in [1.807, 2.05) is 0 Å². The van der Waals surface area contributed by atoms with E-state index in [4.69, 9.17) is 33.2 Å². The van der Waals surface area contributed by atoms with Crippen LogP contribution in [0.15, 0.2) is 0 Å². The number of hydrogen-bond donors (Lipinski definition) is 9. The summed E-state index contributed by atoms with van der Waals surface area (Å²) in [5, 5.41) is 91.4. The minimum absolute atomic E-state index is 0.773. The Hall–Kier alpha value is -1.62. The second-order valence-corrected chi connectivity index (χ2v) is 9.50. The maximum atomic E-state index is 11.9. The molecule has 0 amide bonds. The second-order valence-electron chi connectivity index (χ2n) is 9.50. The number of hydrogen-bond acceptors (Lipinski definition) is 18. The van der Waals surface area contributed by atoms with Crippen LogP contribution in [0.5, 0.6) is 0 Å². The SMILES string of the molecule is CC(=O)O[C@@H]1[C@@H](O)[C@H](O[C@@H]2O[C@H](CO)[C@@H](O[C@@H]3O[C@H](CO)[C@@H](O)[C@H](O)[C@@H]3O)[C@H](O)[C@H]2OC(C)=O)[C@@H](CO)O[C@H]1O. The molecule has 3 saturated heterocycles. The van der Waals surface area contributed by atoms with E-state index in [1.165, 1.54) is 0 Å². The minimum Gasteiger partial charge on any atom is -0.454 e. The van der Waals surface area contributed by atoms with Crippen molar-refractivity contribution in [2.75, 3.05) is 19.8 Å². The number of rotatable bonds is 9. The van der Waals surface area contributed by atoms with Crippen molar-refractivity contribution in [3.05, 3.63) is 0 Å². The summed E-state index contributed by atoms with van der Waals surface area (Å²) in [5.74, 6) is -1.83.